The summed E-state index contributed by atoms with van der Waals surface area (Å²) in [7, 11) is -2.61. The number of benzene rings is 1. The Labute approximate surface area is 128 Å². The summed E-state index contributed by atoms with van der Waals surface area (Å²) in [6.07, 6.45) is 0.936. The van der Waals surface area contributed by atoms with Crippen LogP contribution in [0.4, 0.5) is 0 Å². The second kappa shape index (κ2) is 7.51. The molecule has 1 fully saturated rings. The molecule has 0 saturated carbocycles. The lowest BCUT2D eigenvalue weighted by Gasteiger charge is -2.34. The molecule has 1 aromatic rings. The minimum atomic E-state index is -2.61. The van der Waals surface area contributed by atoms with Crippen LogP contribution in [-0.2, 0) is 18.3 Å². The molecular formula is C16H26O4Si. The van der Waals surface area contributed by atoms with Gasteiger partial charge in [-0.05, 0) is 32.9 Å². The Morgan fingerprint density at radius 1 is 1.10 bits per heavy atom. The summed E-state index contributed by atoms with van der Waals surface area (Å²) in [5.41, 5.74) is 0. The zero-order valence-corrected chi connectivity index (χ0v) is 14.4. The number of epoxide rings is 1. The van der Waals surface area contributed by atoms with Gasteiger partial charge in [-0.2, -0.15) is 0 Å². The molecule has 1 unspecified atom stereocenters. The number of hydrogen-bond acceptors (Lipinski definition) is 4. The lowest BCUT2D eigenvalue weighted by molar-refractivity contribution is 0.0680. The van der Waals surface area contributed by atoms with E-state index in [9.17, 15) is 0 Å². The van der Waals surface area contributed by atoms with Crippen molar-refractivity contribution in [3.05, 3.63) is 30.3 Å². The number of rotatable bonds is 9. The van der Waals surface area contributed by atoms with E-state index in [1.54, 1.807) is 0 Å². The lowest BCUT2D eigenvalue weighted by atomic mass is 10.4. The van der Waals surface area contributed by atoms with Crippen LogP contribution in [0.2, 0.25) is 0 Å². The summed E-state index contributed by atoms with van der Waals surface area (Å²) >= 11 is 0. The third kappa shape index (κ3) is 5.20. The minimum Gasteiger partial charge on any atom is -0.387 e. The van der Waals surface area contributed by atoms with Gasteiger partial charge >= 0.3 is 8.56 Å². The van der Waals surface area contributed by atoms with E-state index in [1.807, 2.05) is 45.9 Å². The van der Waals surface area contributed by atoms with Gasteiger partial charge in [0.2, 0.25) is 0 Å². The summed E-state index contributed by atoms with van der Waals surface area (Å²) in [5.74, 6) is 0. The van der Waals surface area contributed by atoms with Crippen LogP contribution in [0.3, 0.4) is 0 Å². The van der Waals surface area contributed by atoms with Gasteiger partial charge in [0.05, 0.1) is 19.4 Å². The Morgan fingerprint density at radius 2 is 1.67 bits per heavy atom. The van der Waals surface area contributed by atoms with Crippen LogP contribution in [0.15, 0.2) is 30.3 Å². The SMILES string of the molecule is CC(C)O[Si](COCC1CO1)(OC(C)C)c1ccccc1. The topological polar surface area (TPSA) is 40.2 Å². The van der Waals surface area contributed by atoms with Gasteiger partial charge in [0.25, 0.3) is 0 Å². The smallest absolute Gasteiger partial charge is 0.387 e. The van der Waals surface area contributed by atoms with Gasteiger partial charge in [0, 0.05) is 12.2 Å². The van der Waals surface area contributed by atoms with Crippen molar-refractivity contribution in [2.75, 3.05) is 19.4 Å². The van der Waals surface area contributed by atoms with Crippen molar-refractivity contribution in [2.24, 2.45) is 0 Å². The van der Waals surface area contributed by atoms with Crippen LogP contribution in [0, 0.1) is 0 Å². The fraction of sp³-hybridized carbons (Fsp3) is 0.625. The van der Waals surface area contributed by atoms with E-state index >= 15 is 0 Å². The molecule has 1 aliphatic heterocycles. The van der Waals surface area contributed by atoms with E-state index in [1.165, 1.54) is 0 Å². The molecule has 4 nitrogen and oxygen atoms in total. The van der Waals surface area contributed by atoms with Gasteiger partial charge in [0.1, 0.15) is 6.10 Å². The normalized spacial score (nSPS) is 18.5. The van der Waals surface area contributed by atoms with Crippen LogP contribution in [0.25, 0.3) is 0 Å². The second-order valence-corrected chi connectivity index (χ2v) is 8.77. The summed E-state index contributed by atoms with van der Waals surface area (Å²) < 4.78 is 23.6. The first-order chi connectivity index (χ1) is 10.0. The third-order valence-electron chi connectivity index (χ3n) is 3.06. The lowest BCUT2D eigenvalue weighted by Crippen LogP contribution is -2.60. The minimum absolute atomic E-state index is 0.0939. The van der Waals surface area contributed by atoms with E-state index in [0.717, 1.165) is 11.8 Å². The number of hydrogen-bond donors (Lipinski definition) is 0. The maximum atomic E-state index is 6.29. The average Bonchev–Trinajstić information content (AvgIpc) is 3.22. The van der Waals surface area contributed by atoms with E-state index in [-0.39, 0.29) is 18.3 Å². The molecule has 0 spiro atoms. The van der Waals surface area contributed by atoms with Gasteiger partial charge in [-0.3, -0.25) is 0 Å². The van der Waals surface area contributed by atoms with Crippen LogP contribution in [0.5, 0.6) is 0 Å². The fourth-order valence-corrected chi connectivity index (χ4v) is 5.50. The maximum absolute atomic E-state index is 6.29. The highest BCUT2D eigenvalue weighted by Crippen LogP contribution is 2.16. The highest BCUT2D eigenvalue weighted by atomic mass is 28.4. The Bertz CT molecular complexity index is 408. The second-order valence-electron chi connectivity index (χ2n) is 5.92. The molecule has 21 heavy (non-hydrogen) atoms. The Hall–Kier alpha value is -0.723. The maximum Gasteiger partial charge on any atom is 0.399 e. The first-order valence-electron chi connectivity index (χ1n) is 7.62. The molecule has 0 bridgehead atoms. The molecule has 0 amide bonds. The molecule has 2 rings (SSSR count). The van der Waals surface area contributed by atoms with Crippen LogP contribution >= 0.6 is 0 Å². The predicted molar refractivity (Wildman–Crippen MR) is 84.8 cm³/mol. The molecule has 1 aliphatic rings. The van der Waals surface area contributed by atoms with Gasteiger partial charge < -0.3 is 18.3 Å². The molecule has 5 heteroatoms. The van der Waals surface area contributed by atoms with Crippen molar-refractivity contribution in [3.63, 3.8) is 0 Å². The quantitative estimate of drug-likeness (QED) is 0.517. The summed E-state index contributed by atoms with van der Waals surface area (Å²) in [6, 6.07) is 10.2. The van der Waals surface area contributed by atoms with Gasteiger partial charge in [-0.25, -0.2) is 0 Å². The van der Waals surface area contributed by atoms with Crippen molar-refractivity contribution in [3.8, 4) is 0 Å². The molecule has 0 radical (unpaired) electrons. The molecule has 118 valence electrons. The zero-order valence-electron chi connectivity index (χ0n) is 13.4. The van der Waals surface area contributed by atoms with E-state index < -0.39 is 8.56 Å². The molecule has 0 N–H and O–H groups in total. The standard InChI is InChI=1S/C16H26O4Si/c1-13(2)19-21(20-14(3)4,12-17-10-15-11-18-15)16-8-6-5-7-9-16/h5-9,13-15H,10-12H2,1-4H3. The van der Waals surface area contributed by atoms with Gasteiger partial charge in [-0.1, -0.05) is 30.3 Å². The highest BCUT2D eigenvalue weighted by Gasteiger charge is 2.43. The number of ether oxygens (including phenoxy) is 2. The Kier molecular flexibility index (Phi) is 5.95. The molecule has 0 aromatic heterocycles. The summed E-state index contributed by atoms with van der Waals surface area (Å²) in [4.78, 5) is 0. The molecule has 1 atom stereocenters. The van der Waals surface area contributed by atoms with Crippen LogP contribution < -0.4 is 5.19 Å². The summed E-state index contributed by atoms with van der Waals surface area (Å²) in [5, 5.41) is 1.11. The zero-order chi connectivity index (χ0) is 15.3. The first-order valence-corrected chi connectivity index (χ1v) is 9.65. The van der Waals surface area contributed by atoms with Crippen molar-refractivity contribution in [1.29, 1.82) is 0 Å². The molecule has 1 heterocycles. The first kappa shape index (κ1) is 16.6. The average molecular weight is 310 g/mol. The summed E-state index contributed by atoms with van der Waals surface area (Å²) in [6.45, 7) is 9.58. The van der Waals surface area contributed by atoms with Crippen molar-refractivity contribution < 1.29 is 18.3 Å². The molecule has 1 aromatic carbocycles. The van der Waals surface area contributed by atoms with Crippen LogP contribution in [0.1, 0.15) is 27.7 Å². The highest BCUT2D eigenvalue weighted by molar-refractivity contribution is 6.81. The fourth-order valence-electron chi connectivity index (χ4n) is 2.26. The molecular weight excluding hydrogens is 284 g/mol. The van der Waals surface area contributed by atoms with Crippen molar-refractivity contribution in [2.45, 2.75) is 46.0 Å². The Balaban J connectivity index is 2.17. The van der Waals surface area contributed by atoms with Crippen LogP contribution in [-0.4, -0.2) is 46.3 Å². The van der Waals surface area contributed by atoms with E-state index in [2.05, 4.69) is 12.1 Å². The van der Waals surface area contributed by atoms with Gasteiger partial charge in [0.15, 0.2) is 0 Å². The van der Waals surface area contributed by atoms with Crippen molar-refractivity contribution in [1.82, 2.24) is 0 Å². The van der Waals surface area contributed by atoms with Gasteiger partial charge in [-0.15, -0.1) is 0 Å². The molecule has 0 aliphatic carbocycles. The Morgan fingerprint density at radius 3 is 2.14 bits per heavy atom. The largest absolute Gasteiger partial charge is 0.399 e. The predicted octanol–water partition coefficient (Wildman–Crippen LogP) is 2.14. The third-order valence-corrected chi connectivity index (χ3v) is 6.57. The van der Waals surface area contributed by atoms with E-state index in [0.29, 0.717) is 12.8 Å². The van der Waals surface area contributed by atoms with E-state index in [4.69, 9.17) is 18.3 Å². The van der Waals surface area contributed by atoms with Crippen molar-refractivity contribution >= 4 is 13.7 Å². The molecule has 1 saturated heterocycles. The monoisotopic (exact) mass is 310 g/mol.